The van der Waals surface area contributed by atoms with Crippen LogP contribution in [-0.2, 0) is 0 Å². The first-order valence-corrected chi connectivity index (χ1v) is 6.86. The fourth-order valence-electron chi connectivity index (χ4n) is 2.63. The third-order valence-corrected chi connectivity index (χ3v) is 3.59. The molecule has 3 heteroatoms. The van der Waals surface area contributed by atoms with E-state index in [2.05, 4.69) is 37.0 Å². The lowest BCUT2D eigenvalue weighted by molar-refractivity contribution is 0.1000. The Balaban J connectivity index is 2.17. The average molecular weight is 270 g/mol. The number of carbonyl (C=O) groups excluding carboxylic acids is 1. The van der Waals surface area contributed by atoms with E-state index >= 15 is 0 Å². The van der Waals surface area contributed by atoms with E-state index < -0.39 is 0 Å². The Morgan fingerprint density at radius 3 is 2.40 bits per heavy atom. The van der Waals surface area contributed by atoms with Gasteiger partial charge in [-0.15, -0.1) is 0 Å². The Labute approximate surface area is 120 Å². The Hall–Kier alpha value is -2.03. The summed E-state index contributed by atoms with van der Waals surface area (Å²) in [5.41, 5.74) is 6.31. The van der Waals surface area contributed by atoms with Crippen molar-refractivity contribution in [3.63, 3.8) is 0 Å². The molecule has 0 bridgehead atoms. The third-order valence-electron chi connectivity index (χ3n) is 3.59. The molecule has 1 N–H and O–H groups in total. The normalized spacial score (nSPS) is 10.7. The van der Waals surface area contributed by atoms with Crippen LogP contribution in [0.5, 0.6) is 0 Å². The predicted molar refractivity (Wildman–Crippen MR) is 83.8 cm³/mol. The van der Waals surface area contributed by atoms with E-state index in [1.54, 1.807) is 0 Å². The molecule has 0 fully saturated rings. The number of hydrogen-bond acceptors (Lipinski definition) is 2. The zero-order valence-corrected chi connectivity index (χ0v) is 12.9. The minimum Gasteiger partial charge on any atom is -0.367 e. The van der Waals surface area contributed by atoms with Crippen molar-refractivity contribution in [3.8, 4) is 0 Å². The smallest absolute Gasteiger partial charge is 0.183 e. The van der Waals surface area contributed by atoms with Crippen LogP contribution >= 0.6 is 0 Å². The Morgan fingerprint density at radius 1 is 1.15 bits per heavy atom. The zero-order valence-electron chi connectivity index (χ0n) is 12.9. The van der Waals surface area contributed by atoms with Gasteiger partial charge in [0.2, 0.25) is 0 Å². The molecular formula is C17H22N2O. The van der Waals surface area contributed by atoms with E-state index in [4.69, 9.17) is 0 Å². The molecule has 2 aromatic rings. The van der Waals surface area contributed by atoms with Crippen molar-refractivity contribution in [1.82, 2.24) is 4.98 Å². The van der Waals surface area contributed by atoms with Crippen molar-refractivity contribution < 1.29 is 4.79 Å². The number of aryl methyl sites for hydroxylation is 4. The minimum absolute atomic E-state index is 0.148. The molecule has 106 valence electrons. The second-order valence-electron chi connectivity index (χ2n) is 5.56. The standard InChI is InChI=1S/C17H22N2O/c1-11-6-7-16(12(2)8-11)19(5)10-17(20)15-9-13(3)18-14(15)4/h6-9,18H,10H2,1-5H3. The van der Waals surface area contributed by atoms with Gasteiger partial charge in [-0.05, 0) is 45.4 Å². The van der Waals surface area contributed by atoms with Crippen molar-refractivity contribution in [3.05, 3.63) is 52.3 Å². The summed E-state index contributed by atoms with van der Waals surface area (Å²) < 4.78 is 0. The number of rotatable bonds is 4. The van der Waals surface area contributed by atoms with Crippen molar-refractivity contribution in [2.24, 2.45) is 0 Å². The summed E-state index contributed by atoms with van der Waals surface area (Å²) in [6, 6.07) is 8.22. The van der Waals surface area contributed by atoms with Gasteiger partial charge in [-0.1, -0.05) is 17.7 Å². The maximum Gasteiger partial charge on any atom is 0.183 e. The van der Waals surface area contributed by atoms with Crippen LogP contribution in [0.1, 0.15) is 32.9 Å². The van der Waals surface area contributed by atoms with Gasteiger partial charge >= 0.3 is 0 Å². The molecule has 20 heavy (non-hydrogen) atoms. The number of carbonyl (C=O) groups is 1. The summed E-state index contributed by atoms with van der Waals surface area (Å²) in [6.45, 7) is 8.46. The first-order valence-electron chi connectivity index (χ1n) is 6.86. The summed E-state index contributed by atoms with van der Waals surface area (Å²) >= 11 is 0. The summed E-state index contributed by atoms with van der Waals surface area (Å²) in [5, 5.41) is 0. The number of hydrogen-bond donors (Lipinski definition) is 1. The molecule has 1 aromatic heterocycles. The maximum absolute atomic E-state index is 12.4. The molecule has 2 rings (SSSR count). The Morgan fingerprint density at radius 2 is 1.85 bits per heavy atom. The molecule has 3 nitrogen and oxygen atoms in total. The van der Waals surface area contributed by atoms with Crippen LogP contribution in [0.3, 0.4) is 0 Å². The molecule has 0 unspecified atom stereocenters. The van der Waals surface area contributed by atoms with Crippen LogP contribution in [0, 0.1) is 27.7 Å². The highest BCUT2D eigenvalue weighted by atomic mass is 16.1. The van der Waals surface area contributed by atoms with Gasteiger partial charge in [0.1, 0.15) is 0 Å². The number of aromatic amines is 1. The first kappa shape index (κ1) is 14.4. The van der Waals surface area contributed by atoms with Crippen molar-refractivity contribution in [2.45, 2.75) is 27.7 Å². The van der Waals surface area contributed by atoms with E-state index in [0.29, 0.717) is 6.54 Å². The van der Waals surface area contributed by atoms with Gasteiger partial charge in [-0.25, -0.2) is 0 Å². The highest BCUT2D eigenvalue weighted by Crippen LogP contribution is 2.20. The van der Waals surface area contributed by atoms with Crippen molar-refractivity contribution in [1.29, 1.82) is 0 Å². The molecule has 0 aliphatic rings. The SMILES string of the molecule is Cc1ccc(N(C)CC(=O)c2cc(C)[nH]c2C)c(C)c1. The van der Waals surface area contributed by atoms with E-state index in [1.165, 1.54) is 11.1 Å². The van der Waals surface area contributed by atoms with Gasteiger partial charge in [0.25, 0.3) is 0 Å². The van der Waals surface area contributed by atoms with E-state index in [-0.39, 0.29) is 5.78 Å². The van der Waals surface area contributed by atoms with Crippen LogP contribution in [0.25, 0.3) is 0 Å². The summed E-state index contributed by atoms with van der Waals surface area (Å²) in [7, 11) is 1.96. The fraction of sp³-hybridized carbons (Fsp3) is 0.353. The average Bonchev–Trinajstić information content (AvgIpc) is 2.68. The van der Waals surface area contributed by atoms with Gasteiger partial charge in [-0.3, -0.25) is 4.79 Å². The predicted octanol–water partition coefficient (Wildman–Crippen LogP) is 3.57. The molecule has 1 heterocycles. The highest BCUT2D eigenvalue weighted by molar-refractivity contribution is 6.00. The summed E-state index contributed by atoms with van der Waals surface area (Å²) in [6.07, 6.45) is 0. The lowest BCUT2D eigenvalue weighted by atomic mass is 10.1. The quantitative estimate of drug-likeness (QED) is 0.862. The second kappa shape index (κ2) is 5.53. The number of ketones is 1. The van der Waals surface area contributed by atoms with Crippen molar-refractivity contribution in [2.75, 3.05) is 18.5 Å². The number of nitrogens with zero attached hydrogens (tertiary/aromatic N) is 1. The number of H-pyrrole nitrogens is 1. The Kier molecular flexibility index (Phi) is 3.98. The molecule has 0 spiro atoms. The van der Waals surface area contributed by atoms with Crippen LogP contribution in [-0.4, -0.2) is 24.4 Å². The molecule has 0 aliphatic heterocycles. The fourth-order valence-corrected chi connectivity index (χ4v) is 2.63. The molecule has 0 saturated carbocycles. The lowest BCUT2D eigenvalue weighted by Crippen LogP contribution is -2.26. The molecule has 0 radical (unpaired) electrons. The largest absolute Gasteiger partial charge is 0.367 e. The Bertz CT molecular complexity index is 640. The molecule has 0 amide bonds. The maximum atomic E-state index is 12.4. The number of nitrogens with one attached hydrogen (secondary N) is 1. The lowest BCUT2D eigenvalue weighted by Gasteiger charge is -2.21. The van der Waals surface area contributed by atoms with Crippen LogP contribution in [0.15, 0.2) is 24.3 Å². The molecule has 0 atom stereocenters. The second-order valence-corrected chi connectivity index (χ2v) is 5.56. The van der Waals surface area contributed by atoms with Crippen molar-refractivity contribution >= 4 is 11.5 Å². The third kappa shape index (κ3) is 2.93. The van der Waals surface area contributed by atoms with Gasteiger partial charge in [0, 0.05) is 29.7 Å². The zero-order chi connectivity index (χ0) is 14.9. The van der Waals surface area contributed by atoms with E-state index in [9.17, 15) is 4.79 Å². The molecule has 0 aliphatic carbocycles. The van der Waals surface area contributed by atoms with Gasteiger partial charge in [-0.2, -0.15) is 0 Å². The molecule has 0 saturated heterocycles. The topological polar surface area (TPSA) is 36.1 Å². The number of aromatic nitrogens is 1. The van der Waals surface area contributed by atoms with E-state index in [1.807, 2.05) is 31.9 Å². The number of anilines is 1. The van der Waals surface area contributed by atoms with Gasteiger partial charge < -0.3 is 9.88 Å². The van der Waals surface area contributed by atoms with Crippen LogP contribution < -0.4 is 4.90 Å². The summed E-state index contributed by atoms with van der Waals surface area (Å²) in [5.74, 6) is 0.148. The number of Topliss-reactive ketones (excluding diaryl/α,β-unsaturated/α-hetero) is 1. The highest BCUT2D eigenvalue weighted by Gasteiger charge is 2.15. The number of benzene rings is 1. The van der Waals surface area contributed by atoms with Crippen LogP contribution in [0.2, 0.25) is 0 Å². The number of likely N-dealkylation sites (N-methyl/N-ethyl adjacent to an activating group) is 1. The van der Waals surface area contributed by atoms with E-state index in [0.717, 1.165) is 22.6 Å². The van der Waals surface area contributed by atoms with Gasteiger partial charge in [0.15, 0.2) is 5.78 Å². The monoisotopic (exact) mass is 270 g/mol. The molecule has 1 aromatic carbocycles. The summed E-state index contributed by atoms with van der Waals surface area (Å²) in [4.78, 5) is 17.6. The van der Waals surface area contributed by atoms with Gasteiger partial charge in [0.05, 0.1) is 6.54 Å². The minimum atomic E-state index is 0.148. The first-order chi connectivity index (χ1) is 9.38. The molecular weight excluding hydrogens is 248 g/mol. The van der Waals surface area contributed by atoms with Crippen LogP contribution in [0.4, 0.5) is 5.69 Å².